The van der Waals surface area contributed by atoms with E-state index in [4.69, 9.17) is 78.6 Å². The summed E-state index contributed by atoms with van der Waals surface area (Å²) in [5, 5.41) is 49.1. The number of aryl methyl sites for hydroxylation is 2. The number of carbonyl (C=O) groups is 1. The second-order valence-electron chi connectivity index (χ2n) is 30.6. The van der Waals surface area contributed by atoms with Crippen molar-refractivity contribution in [3.8, 4) is 28.4 Å². The molecule has 0 atom stereocenters. The third kappa shape index (κ3) is 17.8. The predicted molar refractivity (Wildman–Crippen MR) is 457 cm³/mol. The van der Waals surface area contributed by atoms with Crippen LogP contribution in [0.3, 0.4) is 0 Å². The highest BCUT2D eigenvalue weighted by atomic mass is 16.5. The molecule has 0 unspecified atom stereocenters. The zero-order chi connectivity index (χ0) is 80.8. The molecule has 12 N–H and O–H groups in total. The van der Waals surface area contributed by atoms with Crippen molar-refractivity contribution in [2.24, 2.45) is 17.2 Å². The maximum absolute atomic E-state index is 13.0. The lowest BCUT2D eigenvalue weighted by atomic mass is 10.0. The topological polar surface area (TPSA) is 348 Å². The van der Waals surface area contributed by atoms with Crippen molar-refractivity contribution in [2.45, 2.75) is 171 Å². The second kappa shape index (κ2) is 34.8. The number of ether oxygens (including phenoxy) is 4. The predicted octanol–water partition coefficient (Wildman–Crippen LogP) is 15.7. The number of nitrogens with one attached hydrogen (secondary N) is 6. The van der Waals surface area contributed by atoms with Crippen LogP contribution >= 0.6 is 0 Å². The zero-order valence-corrected chi connectivity index (χ0v) is 67.2. The van der Waals surface area contributed by atoms with Crippen LogP contribution in [0.2, 0.25) is 0 Å². The lowest BCUT2D eigenvalue weighted by molar-refractivity contribution is 0.0507. The molecule has 8 heterocycles. The number of imidazole rings is 3. The molecule has 3 saturated heterocycles. The normalized spacial score (nSPS) is 14.4. The van der Waals surface area contributed by atoms with Gasteiger partial charge in [-0.2, -0.15) is 0 Å². The molecule has 3 fully saturated rings. The number of nitrogens with zero attached hydrogens (tertiary/aromatic N) is 11. The highest BCUT2D eigenvalue weighted by Gasteiger charge is 2.28. The lowest BCUT2D eigenvalue weighted by Crippen LogP contribution is -2.40. The summed E-state index contributed by atoms with van der Waals surface area (Å²) in [7, 11) is 0. The molecule has 0 saturated carbocycles. The van der Waals surface area contributed by atoms with Crippen molar-refractivity contribution in [1.82, 2.24) is 52.5 Å². The minimum absolute atomic E-state index is 0.0286. The van der Waals surface area contributed by atoms with Gasteiger partial charge in [0.05, 0.1) is 70.3 Å². The van der Waals surface area contributed by atoms with E-state index in [1.54, 1.807) is 6.92 Å². The van der Waals surface area contributed by atoms with Crippen molar-refractivity contribution in [3.05, 3.63) is 203 Å². The van der Waals surface area contributed by atoms with Crippen LogP contribution in [-0.2, 0) is 37.5 Å². The van der Waals surface area contributed by atoms with Gasteiger partial charge in [0.2, 0.25) is 5.82 Å². The number of aromatic nitrogens is 8. The van der Waals surface area contributed by atoms with Gasteiger partial charge in [-0.15, -0.1) is 0 Å². The average Bonchev–Trinajstić information content (AvgIpc) is 1.64. The van der Waals surface area contributed by atoms with Crippen LogP contribution in [0.5, 0.6) is 17.2 Å². The molecule has 3 aliphatic heterocycles. The van der Waals surface area contributed by atoms with Crippen LogP contribution in [0.25, 0.3) is 66.0 Å². The number of benzene rings is 7. The largest absolute Gasteiger partial charge is 0.490 e. The third-order valence-corrected chi connectivity index (χ3v) is 22.0. The van der Waals surface area contributed by atoms with Crippen LogP contribution in [0.15, 0.2) is 152 Å². The molecular weight excluding hydrogens is 1430 g/mol. The first-order valence-electron chi connectivity index (χ1n) is 39.9. The molecule has 12 aromatic rings. The summed E-state index contributed by atoms with van der Waals surface area (Å²) in [6, 6.07) is 50.7. The Kier molecular flexibility index (Phi) is 24.3. The van der Waals surface area contributed by atoms with Crippen molar-refractivity contribution in [2.75, 3.05) is 45.9 Å². The number of esters is 1. The summed E-state index contributed by atoms with van der Waals surface area (Å²) in [5.74, 6) is 6.90. The molecule has 25 heteroatoms. The molecule has 594 valence electrons. The summed E-state index contributed by atoms with van der Waals surface area (Å²) in [6.07, 6.45) is 5.80. The lowest BCUT2D eigenvalue weighted by Gasteiger charge is -2.32. The first-order chi connectivity index (χ1) is 54.8. The quantitative estimate of drug-likeness (QED) is 0.0173. The van der Waals surface area contributed by atoms with E-state index in [-0.39, 0.29) is 60.1 Å². The smallest absolute Gasteiger partial charge is 0.374 e. The number of hydrogen-bond donors (Lipinski definition) is 9. The van der Waals surface area contributed by atoms with Crippen LogP contribution in [-0.4, -0.2) is 158 Å². The van der Waals surface area contributed by atoms with Gasteiger partial charge in [0.15, 0.2) is 0 Å². The molecule has 114 heavy (non-hydrogen) atoms. The van der Waals surface area contributed by atoms with E-state index >= 15 is 0 Å². The van der Waals surface area contributed by atoms with Gasteiger partial charge >= 0.3 is 5.97 Å². The van der Waals surface area contributed by atoms with Gasteiger partial charge in [-0.1, -0.05) is 88.4 Å². The fourth-order valence-corrected chi connectivity index (χ4v) is 16.0. The monoisotopic (exact) mass is 1540 g/mol. The van der Waals surface area contributed by atoms with Crippen LogP contribution < -0.4 is 31.4 Å². The summed E-state index contributed by atoms with van der Waals surface area (Å²) >= 11 is 0. The van der Waals surface area contributed by atoms with Crippen molar-refractivity contribution in [3.63, 3.8) is 0 Å². The number of rotatable bonds is 22. The van der Waals surface area contributed by atoms with E-state index in [2.05, 4.69) is 164 Å². The summed E-state index contributed by atoms with van der Waals surface area (Å²) in [6.45, 7) is 29.0. The number of piperidine rings is 3. The summed E-state index contributed by atoms with van der Waals surface area (Å²) in [5.41, 5.74) is 32.6. The fourth-order valence-electron chi connectivity index (χ4n) is 16.0. The van der Waals surface area contributed by atoms with E-state index in [1.807, 2.05) is 92.1 Å². The zero-order valence-electron chi connectivity index (χ0n) is 67.2. The molecule has 5 aromatic heterocycles. The Bertz CT molecular complexity index is 5590. The van der Waals surface area contributed by atoms with E-state index < -0.39 is 5.97 Å². The Hall–Kier alpha value is -12.3. The van der Waals surface area contributed by atoms with E-state index in [0.29, 0.717) is 54.0 Å². The van der Waals surface area contributed by atoms with Crippen LogP contribution in [0, 0.1) is 32.5 Å². The van der Waals surface area contributed by atoms with Gasteiger partial charge in [-0.3, -0.25) is 32.5 Å². The summed E-state index contributed by atoms with van der Waals surface area (Å²) in [4.78, 5) is 34.0. The minimum atomic E-state index is -0.469. The number of amidine groups is 6. The molecule has 0 amide bonds. The van der Waals surface area contributed by atoms with Crippen molar-refractivity contribution < 1.29 is 23.7 Å². The Balaban J connectivity index is 0.000000149. The number of carbonyl (C=O) groups excluding carboxylic acids is 1. The van der Waals surface area contributed by atoms with E-state index in [1.165, 1.54) is 11.3 Å². The molecule has 0 bridgehead atoms. The molecular formula is C89H108N20O5. The summed E-state index contributed by atoms with van der Waals surface area (Å²) < 4.78 is 35.3. The van der Waals surface area contributed by atoms with Crippen molar-refractivity contribution >= 4 is 95.9 Å². The van der Waals surface area contributed by atoms with Gasteiger partial charge < -0.3 is 73.7 Å². The average molecular weight is 1540 g/mol. The highest BCUT2D eigenvalue weighted by molar-refractivity contribution is 6.00. The molecule has 25 nitrogen and oxygen atoms in total. The first-order valence-corrected chi connectivity index (χ1v) is 39.9. The Morgan fingerprint density at radius 2 is 0.798 bits per heavy atom. The van der Waals surface area contributed by atoms with Gasteiger partial charge in [0.1, 0.15) is 64.7 Å². The molecule has 0 radical (unpaired) electrons. The number of hydrogen-bond acceptors (Lipinski definition) is 14. The molecule has 3 aliphatic rings. The SMILES string of the molecule is CC(=N)N1CCC(Oc2ccc3c(c2)nc(C(C)C)n3Cc2cccc(-c3cccc(C(=N)N)c3)c2)CC1.CCOC(=O)c1nc2cc(OC3CCN(C(C)=N)CC3)ccc2n1Cc1cc2ccc(C(=N)N)cc2n1CC.CCn1c(Cn2c(C(C)C)nc3cc(OC4CCN(C(C)=N)CC4)ccc32)cc2ccc(C(=N)N)cc21. The standard InChI is InChI=1S/C31H36N6O.C29H35N7O3.C29H37N7O/c1-20(2)31-35-28-18-27(38-26-12-14-36(15-13-26)21(3)32)10-11-29(28)37(31)19-22-6-4-7-23(16-22)24-8-5-9-25(17-24)30(33)34;1-4-35-21(14-19-6-7-20(27(31)32)15-26(19)35)17-36-25-9-8-23(16-24(25)33-28(36)29(37)38-5-2)39-22-10-12-34(13-11-22)18(3)30;1-5-35-22(14-20-6-7-21(28(31)32)15-27(20)35)17-36-26-9-8-24(16-25(26)33-29(36)18(2)3)37-23-10-12-34(13-11-23)19(4)30/h4-11,16-18,20,26,32H,12-15,19H2,1-3H3,(H3,33,34);6-9,14-16,22,30H,4-5,10-13,17H2,1-3H3,(H3,31,32);6-9,14-16,18,23,30H,5,10-13,17H2,1-4H3,(H3,31,32). The number of nitrogen functional groups attached to an aromatic ring is 3. The second-order valence-corrected chi connectivity index (χ2v) is 30.6. The van der Waals surface area contributed by atoms with Crippen molar-refractivity contribution in [1.29, 1.82) is 32.5 Å². The van der Waals surface area contributed by atoms with Gasteiger partial charge in [-0.25, -0.2) is 19.7 Å². The number of fused-ring (bicyclic) bond motifs is 5. The molecule has 15 rings (SSSR count). The van der Waals surface area contributed by atoms with E-state index in [0.717, 1.165) is 191 Å². The number of likely N-dealkylation sites (tertiary alicyclic amines) is 3. The molecule has 0 aliphatic carbocycles. The Morgan fingerprint density at radius 3 is 1.19 bits per heavy atom. The van der Waals surface area contributed by atoms with Gasteiger partial charge in [0.25, 0.3) is 0 Å². The molecule has 0 spiro atoms. The Morgan fingerprint density at radius 1 is 0.421 bits per heavy atom. The van der Waals surface area contributed by atoms with E-state index in [9.17, 15) is 4.79 Å². The first kappa shape index (κ1) is 79.8. The Labute approximate surface area is 666 Å². The number of nitrogens with two attached hydrogens (primary N) is 3. The van der Waals surface area contributed by atoms with Gasteiger partial charge in [0, 0.05) is 167 Å². The maximum Gasteiger partial charge on any atom is 0.374 e. The minimum Gasteiger partial charge on any atom is -0.490 e. The third-order valence-electron chi connectivity index (χ3n) is 22.0. The fraction of sp³-hybridized carbons (Fsp3) is 0.371. The van der Waals surface area contributed by atoms with Crippen LogP contribution in [0.1, 0.15) is 176 Å². The highest BCUT2D eigenvalue weighted by Crippen LogP contribution is 2.35. The maximum atomic E-state index is 13.0. The van der Waals surface area contributed by atoms with Gasteiger partial charge in [-0.05, 0) is 142 Å². The molecule has 7 aromatic carbocycles. The van der Waals surface area contributed by atoms with Crippen LogP contribution in [0.4, 0.5) is 0 Å².